The van der Waals surface area contributed by atoms with E-state index in [4.69, 9.17) is 9.47 Å². The van der Waals surface area contributed by atoms with Crippen molar-refractivity contribution in [3.63, 3.8) is 0 Å². The van der Waals surface area contributed by atoms with Gasteiger partial charge < -0.3 is 23.9 Å². The fourth-order valence-electron chi connectivity index (χ4n) is 4.14. The normalized spacial score (nSPS) is 15.0. The Morgan fingerprint density at radius 2 is 1.65 bits per heavy atom. The van der Waals surface area contributed by atoms with E-state index in [-0.39, 0.29) is 48.9 Å². The maximum atomic E-state index is 13.4. The molecule has 2 aromatic heterocycles. The van der Waals surface area contributed by atoms with Crippen molar-refractivity contribution in [1.82, 2.24) is 24.4 Å². The van der Waals surface area contributed by atoms with Gasteiger partial charge in [-0.05, 0) is 12.5 Å². The number of non-ortho nitro benzene ring substituents is 1. The van der Waals surface area contributed by atoms with Crippen LogP contribution in [0, 0.1) is 10.1 Å². The number of hydrogen-bond acceptors (Lipinski definition) is 9. The number of nitrogens with zero attached hydrogens (tertiary/aromatic N) is 5. The fraction of sp³-hybridized carbons (Fsp3) is 0.250. The molecule has 12 nitrogen and oxygen atoms in total. The Labute approximate surface area is 218 Å². The number of nitro groups is 1. The standard InChI is InChI=1S/C24H24N6O6.ClH/c1-3-36-24(32)22-19(13-29-10-8-26-15-29)27-18(12-28-9-7-25-14-28)21(23(31)35-2)20(22)16-5-4-6-17(11-16)30(33)34;/h4-11,14-15,20,27H,3,12-13H2,1-2H3;1H. The molecule has 4 rings (SSSR count). The Morgan fingerprint density at radius 1 is 1.05 bits per heavy atom. The number of imidazole rings is 2. The predicted molar refractivity (Wildman–Crippen MR) is 133 cm³/mol. The third-order valence-corrected chi connectivity index (χ3v) is 5.64. The summed E-state index contributed by atoms with van der Waals surface area (Å²) in [6, 6.07) is 5.84. The number of carbonyl (C=O) groups excluding carboxylic acids is 2. The molecule has 1 aromatic carbocycles. The number of benzene rings is 1. The summed E-state index contributed by atoms with van der Waals surface area (Å²) in [7, 11) is 1.24. The molecule has 0 radical (unpaired) electrons. The first-order chi connectivity index (χ1) is 17.4. The Bertz CT molecular complexity index is 1330. The van der Waals surface area contributed by atoms with Crippen LogP contribution < -0.4 is 5.32 Å². The summed E-state index contributed by atoms with van der Waals surface area (Å²) in [4.78, 5) is 45.7. The van der Waals surface area contributed by atoms with Crippen LogP contribution in [0.4, 0.5) is 5.69 Å². The number of nitro benzene ring substituents is 1. The van der Waals surface area contributed by atoms with E-state index in [1.165, 1.54) is 25.3 Å². The molecule has 0 amide bonds. The maximum Gasteiger partial charge on any atom is 0.336 e. The van der Waals surface area contributed by atoms with E-state index in [1.54, 1.807) is 59.6 Å². The van der Waals surface area contributed by atoms with Crippen LogP contribution in [0.15, 0.2) is 84.2 Å². The number of carbonyl (C=O) groups is 2. The van der Waals surface area contributed by atoms with Crippen molar-refractivity contribution in [1.29, 1.82) is 0 Å². The number of aromatic nitrogens is 4. The number of halogens is 1. The zero-order chi connectivity index (χ0) is 25.7. The number of nitrogens with one attached hydrogen (secondary N) is 1. The van der Waals surface area contributed by atoms with Gasteiger partial charge in [0.25, 0.3) is 5.69 Å². The van der Waals surface area contributed by atoms with Crippen molar-refractivity contribution in [3.05, 3.63) is 99.9 Å². The van der Waals surface area contributed by atoms with Crippen LogP contribution in [0.25, 0.3) is 0 Å². The van der Waals surface area contributed by atoms with E-state index in [2.05, 4.69) is 15.3 Å². The lowest BCUT2D eigenvalue weighted by molar-refractivity contribution is -0.384. The topological polar surface area (TPSA) is 143 Å². The molecule has 1 atom stereocenters. The minimum Gasteiger partial charge on any atom is -0.466 e. The number of dihydropyridines is 1. The monoisotopic (exact) mass is 528 g/mol. The van der Waals surface area contributed by atoms with Crippen LogP contribution in [0.3, 0.4) is 0 Å². The molecule has 3 heterocycles. The summed E-state index contributed by atoms with van der Waals surface area (Å²) in [6.45, 7) is 2.19. The lowest BCUT2D eigenvalue weighted by atomic mass is 9.79. The van der Waals surface area contributed by atoms with Gasteiger partial charge in [-0.2, -0.15) is 0 Å². The van der Waals surface area contributed by atoms with Gasteiger partial charge in [-0.25, -0.2) is 19.6 Å². The van der Waals surface area contributed by atoms with Gasteiger partial charge in [-0.1, -0.05) is 12.1 Å². The van der Waals surface area contributed by atoms with E-state index in [0.717, 1.165) is 0 Å². The summed E-state index contributed by atoms with van der Waals surface area (Å²) >= 11 is 0. The number of rotatable bonds is 9. The molecule has 0 fully saturated rings. The zero-order valence-electron chi connectivity index (χ0n) is 20.1. The van der Waals surface area contributed by atoms with Crippen molar-refractivity contribution >= 4 is 30.0 Å². The van der Waals surface area contributed by atoms with Crippen LogP contribution in [0.1, 0.15) is 18.4 Å². The molecule has 0 bridgehead atoms. The number of ether oxygens (including phenoxy) is 2. The van der Waals surface area contributed by atoms with E-state index in [1.807, 2.05) is 0 Å². The summed E-state index contributed by atoms with van der Waals surface area (Å²) in [6.07, 6.45) is 9.85. The molecule has 37 heavy (non-hydrogen) atoms. The van der Waals surface area contributed by atoms with Crippen LogP contribution in [0.2, 0.25) is 0 Å². The van der Waals surface area contributed by atoms with Crippen molar-refractivity contribution in [2.24, 2.45) is 0 Å². The highest BCUT2D eigenvalue weighted by Crippen LogP contribution is 2.41. The van der Waals surface area contributed by atoms with Gasteiger partial charge in [0.2, 0.25) is 0 Å². The van der Waals surface area contributed by atoms with E-state index < -0.39 is 22.8 Å². The quantitative estimate of drug-likeness (QED) is 0.252. The van der Waals surface area contributed by atoms with E-state index in [0.29, 0.717) is 17.0 Å². The summed E-state index contributed by atoms with van der Waals surface area (Å²) in [5.74, 6) is -2.33. The molecule has 1 unspecified atom stereocenters. The molecular weight excluding hydrogens is 504 g/mol. The highest BCUT2D eigenvalue weighted by atomic mass is 35.5. The average molecular weight is 529 g/mol. The van der Waals surface area contributed by atoms with Crippen molar-refractivity contribution in [2.45, 2.75) is 25.9 Å². The van der Waals surface area contributed by atoms with Gasteiger partial charge in [0, 0.05) is 48.3 Å². The second-order valence-electron chi connectivity index (χ2n) is 7.88. The first kappa shape index (κ1) is 27.1. The number of esters is 2. The molecule has 0 spiro atoms. The summed E-state index contributed by atoms with van der Waals surface area (Å²) < 4.78 is 14.0. The van der Waals surface area contributed by atoms with Gasteiger partial charge in [0.1, 0.15) is 0 Å². The van der Waals surface area contributed by atoms with Crippen LogP contribution in [-0.2, 0) is 32.2 Å². The van der Waals surface area contributed by atoms with Crippen molar-refractivity contribution in [3.8, 4) is 0 Å². The lowest BCUT2D eigenvalue weighted by Gasteiger charge is -2.32. The smallest absolute Gasteiger partial charge is 0.336 e. The molecule has 13 heteroatoms. The van der Waals surface area contributed by atoms with Crippen LogP contribution in [-0.4, -0.2) is 49.7 Å². The van der Waals surface area contributed by atoms with Gasteiger partial charge in [0.05, 0.1) is 61.4 Å². The second kappa shape index (κ2) is 12.0. The van der Waals surface area contributed by atoms with Gasteiger partial charge in [0.15, 0.2) is 0 Å². The largest absolute Gasteiger partial charge is 0.466 e. The molecule has 1 N–H and O–H groups in total. The second-order valence-corrected chi connectivity index (χ2v) is 7.88. The first-order valence-electron chi connectivity index (χ1n) is 11.1. The Morgan fingerprint density at radius 3 is 2.14 bits per heavy atom. The first-order valence-corrected chi connectivity index (χ1v) is 11.1. The lowest BCUT2D eigenvalue weighted by Crippen LogP contribution is -2.36. The zero-order valence-corrected chi connectivity index (χ0v) is 20.9. The minimum absolute atomic E-state index is 0. The number of allylic oxidation sites excluding steroid dienone is 2. The minimum atomic E-state index is -0.991. The number of methoxy groups -OCH3 is 1. The summed E-state index contributed by atoms with van der Waals surface area (Å²) in [5.41, 5.74) is 1.42. The Hall–Kier alpha value is -4.45. The molecule has 194 valence electrons. The molecule has 0 saturated carbocycles. The van der Waals surface area contributed by atoms with E-state index >= 15 is 0 Å². The molecular formula is C24H25ClN6O6. The van der Waals surface area contributed by atoms with Gasteiger partial charge >= 0.3 is 11.9 Å². The number of hydrogen-bond donors (Lipinski definition) is 1. The average Bonchev–Trinajstić information content (AvgIpc) is 3.58. The van der Waals surface area contributed by atoms with Gasteiger partial charge in [-0.3, -0.25) is 10.1 Å². The van der Waals surface area contributed by atoms with Crippen LogP contribution in [0.5, 0.6) is 0 Å². The van der Waals surface area contributed by atoms with Crippen molar-refractivity contribution in [2.75, 3.05) is 13.7 Å². The fourth-order valence-corrected chi connectivity index (χ4v) is 4.14. The predicted octanol–water partition coefficient (Wildman–Crippen LogP) is 2.74. The Balaban J connectivity index is 0.00000380. The molecule has 1 aliphatic rings. The third kappa shape index (κ3) is 5.86. The SMILES string of the molecule is CCOC(=O)C1=C(Cn2ccnc2)NC(Cn2ccnc2)=C(C(=O)OC)C1c1cccc([N+](=O)[O-])c1.Cl. The third-order valence-electron chi connectivity index (χ3n) is 5.64. The highest BCUT2D eigenvalue weighted by molar-refractivity contribution is 6.00. The molecule has 3 aromatic rings. The van der Waals surface area contributed by atoms with Crippen molar-refractivity contribution < 1.29 is 24.0 Å². The molecule has 0 saturated heterocycles. The highest BCUT2D eigenvalue weighted by Gasteiger charge is 2.40. The van der Waals surface area contributed by atoms with E-state index in [9.17, 15) is 19.7 Å². The maximum absolute atomic E-state index is 13.4. The van der Waals surface area contributed by atoms with Gasteiger partial charge in [-0.15, -0.1) is 12.4 Å². The molecule has 0 aliphatic carbocycles. The molecule has 1 aliphatic heterocycles. The summed E-state index contributed by atoms with van der Waals surface area (Å²) in [5, 5.41) is 14.8. The van der Waals surface area contributed by atoms with Crippen LogP contribution >= 0.6 is 12.4 Å². The Kier molecular flexibility index (Phi) is 8.80.